The summed E-state index contributed by atoms with van der Waals surface area (Å²) in [6, 6.07) is 7.47. The first kappa shape index (κ1) is 21.3. The van der Waals surface area contributed by atoms with Gasteiger partial charge in [-0.1, -0.05) is 0 Å². The maximum absolute atomic E-state index is 13.6. The van der Waals surface area contributed by atoms with Crippen LogP contribution in [0.3, 0.4) is 0 Å². The molecule has 0 aliphatic carbocycles. The van der Waals surface area contributed by atoms with Gasteiger partial charge in [-0.2, -0.15) is 13.2 Å². The van der Waals surface area contributed by atoms with Crippen LogP contribution in [0.5, 0.6) is 0 Å². The monoisotopic (exact) mass is 443 g/mol. The third kappa shape index (κ3) is 4.53. The molecule has 0 fully saturated rings. The minimum Gasteiger partial charge on any atom is -0.379 e. The number of nitrogens with zero attached hydrogens (tertiary/aromatic N) is 2. The lowest BCUT2D eigenvalue weighted by Crippen LogP contribution is -2.12. The van der Waals surface area contributed by atoms with Gasteiger partial charge in [-0.25, -0.2) is 4.39 Å². The van der Waals surface area contributed by atoms with Gasteiger partial charge >= 0.3 is 6.18 Å². The Morgan fingerprint density at radius 3 is 2.62 bits per heavy atom. The van der Waals surface area contributed by atoms with Crippen LogP contribution in [0.2, 0.25) is 0 Å². The van der Waals surface area contributed by atoms with E-state index in [1.165, 1.54) is 48.9 Å². The van der Waals surface area contributed by atoms with Gasteiger partial charge in [0.15, 0.2) is 0 Å². The fraction of sp³-hybridized carbons (Fsp3) is 0.136. The second-order valence-electron chi connectivity index (χ2n) is 7.11. The number of carbonyl (C=O) groups is 1. The summed E-state index contributed by atoms with van der Waals surface area (Å²) in [7, 11) is 0. The highest BCUT2D eigenvalue weighted by atomic mass is 19.4. The van der Waals surface area contributed by atoms with Crippen LogP contribution in [-0.2, 0) is 17.5 Å². The molecule has 0 saturated carbocycles. The Morgan fingerprint density at radius 2 is 1.91 bits per heavy atom. The summed E-state index contributed by atoms with van der Waals surface area (Å²) in [5, 5.41) is 8.01. The largest absolute Gasteiger partial charge is 0.418 e. The molecule has 32 heavy (non-hydrogen) atoms. The van der Waals surface area contributed by atoms with E-state index in [0.717, 1.165) is 6.07 Å². The van der Waals surface area contributed by atoms with E-state index >= 15 is 0 Å². The molecule has 0 atom stereocenters. The van der Waals surface area contributed by atoms with Crippen molar-refractivity contribution in [1.29, 1.82) is 0 Å². The maximum atomic E-state index is 13.6. The molecule has 1 aromatic heterocycles. The van der Waals surface area contributed by atoms with E-state index in [9.17, 15) is 22.4 Å². The second kappa shape index (κ2) is 8.29. The van der Waals surface area contributed by atoms with Crippen molar-refractivity contribution in [1.82, 2.24) is 9.97 Å². The average molecular weight is 443 g/mol. The first-order valence-electron chi connectivity index (χ1n) is 9.51. The maximum Gasteiger partial charge on any atom is 0.418 e. The number of hydrogen-bond donors (Lipinski definition) is 3. The Morgan fingerprint density at radius 1 is 1.09 bits per heavy atom. The van der Waals surface area contributed by atoms with Gasteiger partial charge in [-0.3, -0.25) is 14.8 Å². The zero-order valence-corrected chi connectivity index (χ0v) is 16.7. The number of aryl methyl sites for hydroxylation is 1. The normalized spacial score (nSPS) is 14.3. The number of nitrogens with one attached hydrogen (secondary N) is 3. The summed E-state index contributed by atoms with van der Waals surface area (Å²) in [6.45, 7) is 1.83. The Bertz CT molecular complexity index is 1210. The molecule has 2 heterocycles. The van der Waals surface area contributed by atoms with Crippen LogP contribution in [0.1, 0.15) is 22.5 Å². The Hall–Kier alpha value is -3.95. The van der Waals surface area contributed by atoms with Gasteiger partial charge < -0.3 is 16.0 Å². The highest BCUT2D eigenvalue weighted by molar-refractivity contribution is 6.31. The van der Waals surface area contributed by atoms with Crippen LogP contribution in [0.4, 0.5) is 34.6 Å². The number of halogens is 4. The summed E-state index contributed by atoms with van der Waals surface area (Å²) in [6.07, 6.45) is -0.339. The molecule has 3 aromatic rings. The molecule has 0 unspecified atom stereocenters. The third-order valence-electron chi connectivity index (χ3n) is 4.77. The van der Waals surface area contributed by atoms with E-state index < -0.39 is 23.5 Å². The molecular weight excluding hydrogens is 426 g/mol. The van der Waals surface area contributed by atoms with E-state index in [4.69, 9.17) is 0 Å². The smallest absolute Gasteiger partial charge is 0.379 e. The van der Waals surface area contributed by atoms with E-state index in [1.54, 1.807) is 6.92 Å². The van der Waals surface area contributed by atoms with Crippen molar-refractivity contribution in [2.75, 3.05) is 16.0 Å². The van der Waals surface area contributed by atoms with Gasteiger partial charge in [0.1, 0.15) is 5.82 Å². The lowest BCUT2D eigenvalue weighted by molar-refractivity contribution is -0.136. The summed E-state index contributed by atoms with van der Waals surface area (Å²) in [5.74, 6) is -1.01. The highest BCUT2D eigenvalue weighted by Gasteiger charge is 2.34. The van der Waals surface area contributed by atoms with E-state index in [2.05, 4.69) is 25.9 Å². The first-order valence-corrected chi connectivity index (χ1v) is 9.51. The topological polar surface area (TPSA) is 78.9 Å². The molecule has 164 valence electrons. The molecule has 2 aromatic carbocycles. The second-order valence-corrected chi connectivity index (χ2v) is 7.11. The molecule has 3 N–H and O–H groups in total. The highest BCUT2D eigenvalue weighted by Crippen LogP contribution is 2.37. The Labute approximate surface area is 180 Å². The van der Waals surface area contributed by atoms with Gasteiger partial charge in [-0.15, -0.1) is 0 Å². The predicted molar refractivity (Wildman–Crippen MR) is 112 cm³/mol. The van der Waals surface area contributed by atoms with Crippen molar-refractivity contribution in [3.05, 3.63) is 83.3 Å². The zero-order valence-electron chi connectivity index (χ0n) is 16.7. The molecule has 6 nitrogen and oxygen atoms in total. The number of hydrogen-bond acceptors (Lipinski definition) is 5. The average Bonchev–Trinajstić information content (AvgIpc) is 3.05. The van der Waals surface area contributed by atoms with Crippen LogP contribution in [0.15, 0.2) is 55.0 Å². The lowest BCUT2D eigenvalue weighted by atomic mass is 10.1. The fourth-order valence-electron chi connectivity index (χ4n) is 3.18. The molecular formula is C22H17F4N5O. The molecule has 0 bridgehead atoms. The number of carbonyl (C=O) groups excluding carboxylic acids is 1. The minimum absolute atomic E-state index is 0.0652. The van der Waals surface area contributed by atoms with Crippen LogP contribution in [0, 0.1) is 12.7 Å². The van der Waals surface area contributed by atoms with Crippen LogP contribution < -0.4 is 16.0 Å². The van der Waals surface area contributed by atoms with E-state index in [-0.39, 0.29) is 23.5 Å². The van der Waals surface area contributed by atoms with Gasteiger partial charge in [0.2, 0.25) is 0 Å². The van der Waals surface area contributed by atoms with Gasteiger partial charge in [0.25, 0.3) is 5.91 Å². The zero-order chi connectivity index (χ0) is 22.9. The van der Waals surface area contributed by atoms with Gasteiger partial charge in [0.05, 0.1) is 35.3 Å². The first-order chi connectivity index (χ1) is 15.2. The SMILES string of the molecule is Cc1cnc(CNc2ccc(NC=C3C(=O)Nc4ccc(F)cc43)cc2C(F)(F)F)cn1. The number of alkyl halides is 3. The van der Waals surface area contributed by atoms with Crippen molar-refractivity contribution in [2.24, 2.45) is 0 Å². The standard InChI is InChI=1S/C22H17F4N5O/c1-12-8-28-15(9-27-12)10-30-20-5-3-14(7-18(20)22(24,25)26)29-11-17-16-6-13(23)2-4-19(16)31-21(17)32/h2-9,11,29-30H,10H2,1H3,(H,31,32). The fourth-order valence-corrected chi connectivity index (χ4v) is 3.18. The molecule has 10 heteroatoms. The molecule has 1 amide bonds. The van der Waals surface area contributed by atoms with Crippen molar-refractivity contribution < 1.29 is 22.4 Å². The van der Waals surface area contributed by atoms with Crippen molar-refractivity contribution in [2.45, 2.75) is 19.6 Å². The Balaban J connectivity index is 1.57. The minimum atomic E-state index is -4.62. The Kier molecular flexibility index (Phi) is 5.52. The summed E-state index contributed by atoms with van der Waals surface area (Å²) < 4.78 is 54.4. The van der Waals surface area contributed by atoms with Crippen LogP contribution >= 0.6 is 0 Å². The summed E-state index contributed by atoms with van der Waals surface area (Å²) in [5.41, 5.74) is 1.18. The van der Waals surface area contributed by atoms with Gasteiger partial charge in [0, 0.05) is 35.0 Å². The van der Waals surface area contributed by atoms with Crippen molar-refractivity contribution >= 4 is 28.5 Å². The summed E-state index contributed by atoms with van der Waals surface area (Å²) in [4.78, 5) is 20.3. The predicted octanol–water partition coefficient (Wildman–Crippen LogP) is 4.96. The van der Waals surface area contributed by atoms with Crippen LogP contribution in [0.25, 0.3) is 5.57 Å². The molecule has 1 aliphatic rings. The number of amides is 1. The van der Waals surface area contributed by atoms with Crippen molar-refractivity contribution in [3.8, 4) is 0 Å². The van der Waals surface area contributed by atoms with Crippen LogP contribution in [-0.4, -0.2) is 15.9 Å². The van der Waals surface area contributed by atoms with Crippen molar-refractivity contribution in [3.63, 3.8) is 0 Å². The molecule has 0 saturated heterocycles. The molecule has 0 radical (unpaired) electrons. The van der Waals surface area contributed by atoms with E-state index in [0.29, 0.717) is 22.6 Å². The number of aromatic nitrogens is 2. The third-order valence-corrected chi connectivity index (χ3v) is 4.77. The lowest BCUT2D eigenvalue weighted by Gasteiger charge is -2.16. The molecule has 4 rings (SSSR count). The number of rotatable bonds is 5. The van der Waals surface area contributed by atoms with Gasteiger partial charge in [-0.05, 0) is 43.3 Å². The molecule has 0 spiro atoms. The summed E-state index contributed by atoms with van der Waals surface area (Å²) >= 11 is 0. The number of anilines is 3. The van der Waals surface area contributed by atoms with E-state index in [1.807, 2.05) is 0 Å². The quantitative estimate of drug-likeness (QED) is 0.384. The number of benzene rings is 2. The number of fused-ring (bicyclic) bond motifs is 1. The molecule has 1 aliphatic heterocycles.